The van der Waals surface area contributed by atoms with E-state index in [1.807, 2.05) is 0 Å². The van der Waals surface area contributed by atoms with Gasteiger partial charge < -0.3 is 10.2 Å². The Labute approximate surface area is 76.1 Å². The molecule has 1 aliphatic carbocycles. The van der Waals surface area contributed by atoms with Gasteiger partial charge in [0.2, 0.25) is 0 Å². The first-order chi connectivity index (χ1) is 6.11. The fourth-order valence-electron chi connectivity index (χ4n) is 1.55. The molecule has 1 aromatic carbocycles. The monoisotopic (exact) mass is 177 g/mol. The Balaban J connectivity index is 2.61. The zero-order chi connectivity index (χ0) is 9.47. The van der Waals surface area contributed by atoms with Gasteiger partial charge >= 0.3 is 0 Å². The molecular weight excluding hydrogens is 166 g/mol. The Kier molecular flexibility index (Phi) is 1.73. The maximum atomic E-state index is 9.72. The number of fused-ring (bicyclic) bond motifs is 1. The topological polar surface area (TPSA) is 66.5 Å². The van der Waals surface area contributed by atoms with Crippen molar-refractivity contribution < 1.29 is 10.2 Å². The fraction of sp³-hybridized carbons (Fsp3) is 0.200. The van der Waals surface area contributed by atoms with Gasteiger partial charge in [0, 0.05) is 5.56 Å². The Morgan fingerprint density at radius 2 is 2.00 bits per heavy atom. The number of rotatable bonds is 0. The van der Waals surface area contributed by atoms with Crippen LogP contribution in [0.1, 0.15) is 17.2 Å². The molecule has 2 unspecified atom stereocenters. The van der Waals surface area contributed by atoms with E-state index in [2.05, 4.69) is 0 Å². The molecule has 3 nitrogen and oxygen atoms in total. The summed E-state index contributed by atoms with van der Waals surface area (Å²) in [6, 6.07) is 7.04. The van der Waals surface area contributed by atoms with Crippen molar-refractivity contribution >= 4 is 0 Å². The zero-order valence-corrected chi connectivity index (χ0v) is 7.01. The number of aliphatic hydroxyl groups excluding tert-OH is 1. The smallest absolute Gasteiger partial charge is 0.159 e. The summed E-state index contributed by atoms with van der Waals surface area (Å²) in [5, 5.41) is 19.3. The first kappa shape index (κ1) is 8.44. The average Bonchev–Trinajstić information content (AvgIpc) is 2.13. The van der Waals surface area contributed by atoms with Crippen LogP contribution in [-0.2, 0) is 5.72 Å². The Hall–Kier alpha value is -1.16. The molecule has 0 saturated carbocycles. The lowest BCUT2D eigenvalue weighted by molar-refractivity contribution is 0.0848. The van der Waals surface area contributed by atoms with Crippen LogP contribution in [0.4, 0.5) is 0 Å². The summed E-state index contributed by atoms with van der Waals surface area (Å²) in [4.78, 5) is 0. The molecule has 0 spiro atoms. The van der Waals surface area contributed by atoms with E-state index in [0.29, 0.717) is 11.1 Å². The zero-order valence-electron chi connectivity index (χ0n) is 7.01. The molecule has 68 valence electrons. The second-order valence-electron chi connectivity index (χ2n) is 3.22. The van der Waals surface area contributed by atoms with E-state index in [-0.39, 0.29) is 0 Å². The SMILES string of the molecule is NC1(O)C=CC(O)c2ccccc21. The van der Waals surface area contributed by atoms with Gasteiger partial charge in [-0.3, -0.25) is 5.73 Å². The summed E-state index contributed by atoms with van der Waals surface area (Å²) >= 11 is 0. The minimum atomic E-state index is -1.45. The molecule has 13 heavy (non-hydrogen) atoms. The second kappa shape index (κ2) is 2.67. The van der Waals surface area contributed by atoms with Crippen LogP contribution in [0.25, 0.3) is 0 Å². The summed E-state index contributed by atoms with van der Waals surface area (Å²) < 4.78 is 0. The van der Waals surface area contributed by atoms with Crippen molar-refractivity contribution in [2.45, 2.75) is 11.8 Å². The van der Waals surface area contributed by atoms with Gasteiger partial charge in [0.05, 0.1) is 6.10 Å². The summed E-state index contributed by atoms with van der Waals surface area (Å²) in [6.07, 6.45) is 2.22. The highest BCUT2D eigenvalue weighted by atomic mass is 16.3. The van der Waals surface area contributed by atoms with Crippen molar-refractivity contribution in [3.63, 3.8) is 0 Å². The molecule has 1 aromatic rings. The first-order valence-corrected chi connectivity index (χ1v) is 4.09. The van der Waals surface area contributed by atoms with Crippen LogP contribution in [0.5, 0.6) is 0 Å². The van der Waals surface area contributed by atoms with Crippen molar-refractivity contribution in [3.05, 3.63) is 47.5 Å². The van der Waals surface area contributed by atoms with E-state index in [4.69, 9.17) is 5.73 Å². The molecule has 2 atom stereocenters. The van der Waals surface area contributed by atoms with Gasteiger partial charge in [-0.15, -0.1) is 0 Å². The van der Waals surface area contributed by atoms with E-state index in [1.165, 1.54) is 12.2 Å². The van der Waals surface area contributed by atoms with Gasteiger partial charge in [-0.1, -0.05) is 30.3 Å². The lowest BCUT2D eigenvalue weighted by atomic mass is 9.89. The average molecular weight is 177 g/mol. The molecule has 0 saturated heterocycles. The quantitative estimate of drug-likeness (QED) is 0.397. The molecule has 0 bridgehead atoms. The summed E-state index contributed by atoms with van der Waals surface area (Å²) in [5.74, 6) is 0. The standard InChI is InChI=1S/C10H11NO2/c11-10(13)6-5-9(12)7-3-1-2-4-8(7)10/h1-6,9,12-13H,11H2. The van der Waals surface area contributed by atoms with Crippen LogP contribution in [0.15, 0.2) is 36.4 Å². The molecule has 1 aliphatic rings. The summed E-state index contributed by atoms with van der Waals surface area (Å²) in [5.41, 5.74) is 5.38. The summed E-state index contributed by atoms with van der Waals surface area (Å²) in [7, 11) is 0. The van der Waals surface area contributed by atoms with E-state index in [0.717, 1.165) is 0 Å². The van der Waals surface area contributed by atoms with E-state index in [1.54, 1.807) is 24.3 Å². The third-order valence-electron chi connectivity index (χ3n) is 2.24. The van der Waals surface area contributed by atoms with Gasteiger partial charge in [0.15, 0.2) is 5.72 Å². The van der Waals surface area contributed by atoms with Gasteiger partial charge in [-0.05, 0) is 11.6 Å². The van der Waals surface area contributed by atoms with Crippen LogP contribution in [0, 0.1) is 0 Å². The van der Waals surface area contributed by atoms with E-state index >= 15 is 0 Å². The van der Waals surface area contributed by atoms with E-state index < -0.39 is 11.8 Å². The van der Waals surface area contributed by atoms with Crippen LogP contribution < -0.4 is 5.73 Å². The molecule has 4 N–H and O–H groups in total. The predicted molar refractivity (Wildman–Crippen MR) is 48.6 cm³/mol. The molecule has 0 aliphatic heterocycles. The maximum absolute atomic E-state index is 9.72. The largest absolute Gasteiger partial charge is 0.384 e. The number of aliphatic hydroxyl groups is 2. The minimum absolute atomic E-state index is 0.560. The minimum Gasteiger partial charge on any atom is -0.384 e. The second-order valence-corrected chi connectivity index (χ2v) is 3.22. The normalized spacial score (nSPS) is 31.5. The number of hydrogen-bond acceptors (Lipinski definition) is 3. The Morgan fingerprint density at radius 3 is 2.69 bits per heavy atom. The lowest BCUT2D eigenvalue weighted by Gasteiger charge is -2.28. The van der Waals surface area contributed by atoms with Crippen molar-refractivity contribution in [2.24, 2.45) is 5.73 Å². The lowest BCUT2D eigenvalue weighted by Crippen LogP contribution is -2.37. The van der Waals surface area contributed by atoms with Crippen LogP contribution in [0.3, 0.4) is 0 Å². The third-order valence-corrected chi connectivity index (χ3v) is 2.24. The van der Waals surface area contributed by atoms with Crippen molar-refractivity contribution in [1.29, 1.82) is 0 Å². The maximum Gasteiger partial charge on any atom is 0.159 e. The molecular formula is C10H11NO2. The molecule has 0 fully saturated rings. The third kappa shape index (κ3) is 1.27. The van der Waals surface area contributed by atoms with Crippen molar-refractivity contribution in [1.82, 2.24) is 0 Å². The van der Waals surface area contributed by atoms with Gasteiger partial charge in [0.25, 0.3) is 0 Å². The highest BCUT2D eigenvalue weighted by Gasteiger charge is 2.29. The Morgan fingerprint density at radius 1 is 1.31 bits per heavy atom. The highest BCUT2D eigenvalue weighted by Crippen LogP contribution is 2.31. The van der Waals surface area contributed by atoms with Crippen molar-refractivity contribution in [3.8, 4) is 0 Å². The molecule has 3 heteroatoms. The molecule has 0 heterocycles. The van der Waals surface area contributed by atoms with Crippen LogP contribution in [0.2, 0.25) is 0 Å². The Bertz CT molecular complexity index is 358. The fourth-order valence-corrected chi connectivity index (χ4v) is 1.55. The van der Waals surface area contributed by atoms with Gasteiger partial charge in [-0.2, -0.15) is 0 Å². The summed E-state index contributed by atoms with van der Waals surface area (Å²) in [6.45, 7) is 0. The predicted octanol–water partition coefficient (Wildman–Crippen LogP) is 0.394. The molecule has 0 amide bonds. The van der Waals surface area contributed by atoms with E-state index in [9.17, 15) is 10.2 Å². The number of benzene rings is 1. The number of hydrogen-bond donors (Lipinski definition) is 3. The van der Waals surface area contributed by atoms with Crippen LogP contribution in [-0.4, -0.2) is 10.2 Å². The number of nitrogens with two attached hydrogens (primary N) is 1. The first-order valence-electron chi connectivity index (χ1n) is 4.09. The molecule has 0 aromatic heterocycles. The van der Waals surface area contributed by atoms with Gasteiger partial charge in [-0.25, -0.2) is 0 Å². The molecule has 2 rings (SSSR count). The van der Waals surface area contributed by atoms with Gasteiger partial charge in [0.1, 0.15) is 0 Å². The molecule has 0 radical (unpaired) electrons. The van der Waals surface area contributed by atoms with Crippen LogP contribution >= 0.6 is 0 Å². The highest BCUT2D eigenvalue weighted by molar-refractivity contribution is 5.41. The van der Waals surface area contributed by atoms with Crippen molar-refractivity contribution in [2.75, 3.05) is 0 Å².